The first-order valence-electron chi connectivity index (χ1n) is 6.14. The van der Waals surface area contributed by atoms with Crippen LogP contribution >= 0.6 is 23.2 Å². The van der Waals surface area contributed by atoms with Crippen LogP contribution < -0.4 is 0 Å². The van der Waals surface area contributed by atoms with Crippen LogP contribution in [0.25, 0.3) is 0 Å². The summed E-state index contributed by atoms with van der Waals surface area (Å²) < 4.78 is 27.6. The van der Waals surface area contributed by atoms with E-state index in [0.29, 0.717) is 22.9 Å². The number of hydrogen-bond acceptors (Lipinski definition) is 3. The maximum absolute atomic E-state index is 11.3. The average molecular weight is 325 g/mol. The highest BCUT2D eigenvalue weighted by Gasteiger charge is 2.17. The van der Waals surface area contributed by atoms with Crippen molar-refractivity contribution in [1.82, 2.24) is 0 Å². The van der Waals surface area contributed by atoms with E-state index >= 15 is 0 Å². The predicted octanol–water partition coefficient (Wildman–Crippen LogP) is 4.07. The molecule has 1 unspecified atom stereocenters. The lowest BCUT2D eigenvalue weighted by Crippen LogP contribution is -2.20. The number of rotatable bonds is 7. The van der Waals surface area contributed by atoms with Gasteiger partial charge in [0.15, 0.2) is 0 Å². The number of benzene rings is 1. The summed E-state index contributed by atoms with van der Waals surface area (Å²) in [5.74, 6) is 0. The average Bonchev–Trinajstić information content (AvgIpc) is 2.27. The molecule has 0 spiro atoms. The summed E-state index contributed by atoms with van der Waals surface area (Å²) in [6.45, 7) is 2.05. The summed E-state index contributed by atoms with van der Waals surface area (Å²) in [5, 5.41) is 1.09. The largest absolute Gasteiger partial charge is 0.267 e. The van der Waals surface area contributed by atoms with Gasteiger partial charge in [-0.2, -0.15) is 8.42 Å². The third kappa shape index (κ3) is 6.61. The summed E-state index contributed by atoms with van der Waals surface area (Å²) in [5.41, 5.74) is 0.843. The van der Waals surface area contributed by atoms with Crippen molar-refractivity contribution in [2.24, 2.45) is 0 Å². The van der Waals surface area contributed by atoms with Crippen LogP contribution in [0.1, 0.15) is 31.7 Å². The van der Waals surface area contributed by atoms with E-state index in [-0.39, 0.29) is 6.10 Å². The fraction of sp³-hybridized carbons (Fsp3) is 0.538. The summed E-state index contributed by atoms with van der Waals surface area (Å²) in [6.07, 6.45) is 3.72. The standard InChI is InChI=1S/C13H18Cl2O3S/c1-3-4-5-12(18-19(2,16)17)8-10-6-7-11(14)9-13(10)15/h6-7,9,12H,3-5,8H2,1-2H3. The number of hydrogen-bond donors (Lipinski definition) is 0. The van der Waals surface area contributed by atoms with E-state index < -0.39 is 10.1 Å². The van der Waals surface area contributed by atoms with Crippen LogP contribution in [0.5, 0.6) is 0 Å². The molecule has 0 saturated carbocycles. The fourth-order valence-corrected chi connectivity index (χ4v) is 2.94. The first kappa shape index (κ1) is 16.8. The molecule has 6 heteroatoms. The maximum Gasteiger partial charge on any atom is 0.264 e. The van der Waals surface area contributed by atoms with Gasteiger partial charge in [-0.25, -0.2) is 0 Å². The predicted molar refractivity (Wildman–Crippen MR) is 79.4 cm³/mol. The van der Waals surface area contributed by atoms with Crippen molar-refractivity contribution in [3.8, 4) is 0 Å². The Bertz CT molecular complexity index is 515. The fourth-order valence-electron chi connectivity index (χ4n) is 1.80. The second-order valence-electron chi connectivity index (χ2n) is 4.50. The Hall–Kier alpha value is -0.290. The smallest absolute Gasteiger partial charge is 0.264 e. The topological polar surface area (TPSA) is 43.4 Å². The quantitative estimate of drug-likeness (QED) is 0.710. The van der Waals surface area contributed by atoms with Crippen molar-refractivity contribution in [3.05, 3.63) is 33.8 Å². The molecule has 0 aliphatic heterocycles. The molecule has 108 valence electrons. The van der Waals surface area contributed by atoms with Crippen molar-refractivity contribution in [2.45, 2.75) is 38.7 Å². The Morgan fingerprint density at radius 3 is 2.53 bits per heavy atom. The third-order valence-corrected chi connectivity index (χ3v) is 3.86. The summed E-state index contributed by atoms with van der Waals surface area (Å²) in [7, 11) is -3.46. The van der Waals surface area contributed by atoms with Gasteiger partial charge in [0.1, 0.15) is 0 Å². The molecule has 0 aliphatic carbocycles. The summed E-state index contributed by atoms with van der Waals surface area (Å²) in [4.78, 5) is 0. The normalized spacial score (nSPS) is 13.5. The highest BCUT2D eigenvalue weighted by atomic mass is 35.5. The van der Waals surface area contributed by atoms with E-state index in [1.807, 2.05) is 6.92 Å². The summed E-state index contributed by atoms with van der Waals surface area (Å²) >= 11 is 11.9. The number of unbranched alkanes of at least 4 members (excludes halogenated alkanes) is 1. The molecule has 19 heavy (non-hydrogen) atoms. The highest BCUT2D eigenvalue weighted by Crippen LogP contribution is 2.24. The van der Waals surface area contributed by atoms with Gasteiger partial charge in [-0.15, -0.1) is 0 Å². The molecule has 0 radical (unpaired) electrons. The Balaban J connectivity index is 2.81. The monoisotopic (exact) mass is 324 g/mol. The molecule has 1 aromatic carbocycles. The molecule has 0 amide bonds. The SMILES string of the molecule is CCCCC(Cc1ccc(Cl)cc1Cl)OS(C)(=O)=O. The molecule has 0 saturated heterocycles. The molecule has 3 nitrogen and oxygen atoms in total. The van der Waals surface area contributed by atoms with Crippen LogP contribution in [-0.2, 0) is 20.7 Å². The van der Waals surface area contributed by atoms with Crippen molar-refractivity contribution < 1.29 is 12.6 Å². The van der Waals surface area contributed by atoms with Crippen molar-refractivity contribution in [3.63, 3.8) is 0 Å². The van der Waals surface area contributed by atoms with E-state index in [2.05, 4.69) is 0 Å². The van der Waals surface area contributed by atoms with Crippen LogP contribution in [0.2, 0.25) is 10.0 Å². The minimum atomic E-state index is -3.46. The van der Waals surface area contributed by atoms with Gasteiger partial charge in [0, 0.05) is 16.5 Å². The lowest BCUT2D eigenvalue weighted by molar-refractivity contribution is 0.197. The molecule has 0 aliphatic rings. The lowest BCUT2D eigenvalue weighted by atomic mass is 10.0. The van der Waals surface area contributed by atoms with E-state index in [4.69, 9.17) is 27.4 Å². The molecule has 0 fully saturated rings. The molecule has 1 rings (SSSR count). The van der Waals surface area contributed by atoms with Gasteiger partial charge in [-0.1, -0.05) is 49.0 Å². The van der Waals surface area contributed by atoms with E-state index in [1.54, 1.807) is 18.2 Å². The van der Waals surface area contributed by atoms with E-state index in [1.165, 1.54) is 0 Å². The van der Waals surface area contributed by atoms with Crippen molar-refractivity contribution in [2.75, 3.05) is 6.26 Å². The zero-order valence-electron chi connectivity index (χ0n) is 11.0. The maximum atomic E-state index is 11.3. The molecule has 0 aromatic heterocycles. The van der Waals surface area contributed by atoms with E-state index in [0.717, 1.165) is 24.7 Å². The van der Waals surface area contributed by atoms with Crippen LogP contribution in [0.4, 0.5) is 0 Å². The van der Waals surface area contributed by atoms with Crippen LogP contribution in [0, 0.1) is 0 Å². The third-order valence-electron chi connectivity index (χ3n) is 2.65. The molecule has 1 aromatic rings. The minimum absolute atomic E-state index is 0.381. The van der Waals surface area contributed by atoms with Gasteiger partial charge in [-0.05, 0) is 24.1 Å². The first-order valence-corrected chi connectivity index (χ1v) is 8.71. The summed E-state index contributed by atoms with van der Waals surface area (Å²) in [6, 6.07) is 5.19. The Morgan fingerprint density at radius 1 is 1.32 bits per heavy atom. The van der Waals surface area contributed by atoms with Crippen LogP contribution in [0.15, 0.2) is 18.2 Å². The molecule has 0 N–H and O–H groups in total. The van der Waals surface area contributed by atoms with Gasteiger partial charge >= 0.3 is 0 Å². The molecule has 0 bridgehead atoms. The van der Waals surface area contributed by atoms with Gasteiger partial charge in [0.05, 0.1) is 12.4 Å². The van der Waals surface area contributed by atoms with Crippen molar-refractivity contribution in [1.29, 1.82) is 0 Å². The van der Waals surface area contributed by atoms with Crippen molar-refractivity contribution >= 4 is 33.3 Å². The van der Waals surface area contributed by atoms with Crippen LogP contribution in [-0.4, -0.2) is 20.8 Å². The zero-order valence-corrected chi connectivity index (χ0v) is 13.4. The Morgan fingerprint density at radius 2 is 2.00 bits per heavy atom. The van der Waals surface area contributed by atoms with Gasteiger partial charge < -0.3 is 0 Å². The molecule has 0 heterocycles. The second kappa shape index (κ2) is 7.48. The van der Waals surface area contributed by atoms with E-state index in [9.17, 15) is 8.42 Å². The van der Waals surface area contributed by atoms with Gasteiger partial charge in [0.25, 0.3) is 10.1 Å². The van der Waals surface area contributed by atoms with Gasteiger partial charge in [0.2, 0.25) is 0 Å². The first-order chi connectivity index (χ1) is 8.81. The Labute approximate surface area is 125 Å². The highest BCUT2D eigenvalue weighted by molar-refractivity contribution is 7.86. The minimum Gasteiger partial charge on any atom is -0.267 e. The zero-order chi connectivity index (χ0) is 14.5. The second-order valence-corrected chi connectivity index (χ2v) is 6.95. The Kier molecular flexibility index (Phi) is 6.60. The molecule has 1 atom stereocenters. The lowest BCUT2D eigenvalue weighted by Gasteiger charge is -2.17. The molecular formula is C13H18Cl2O3S. The number of halogens is 2. The molecular weight excluding hydrogens is 307 g/mol. The van der Waals surface area contributed by atoms with Crippen LogP contribution in [0.3, 0.4) is 0 Å². The van der Waals surface area contributed by atoms with Gasteiger partial charge in [-0.3, -0.25) is 4.18 Å².